The maximum Gasteiger partial charge on any atom is 0.453 e. The molecule has 4 heterocycles. The van der Waals surface area contributed by atoms with Gasteiger partial charge in [-0.3, -0.25) is 24.5 Å². The van der Waals surface area contributed by atoms with Gasteiger partial charge < -0.3 is 18.9 Å². The normalized spacial score (nSPS) is 16.9. The first kappa shape index (κ1) is 52.5. The van der Waals surface area contributed by atoms with Gasteiger partial charge in [0.25, 0.3) is 0 Å². The molecule has 0 saturated carbocycles. The van der Waals surface area contributed by atoms with E-state index in [1.54, 1.807) is 66.1 Å². The molecule has 0 aliphatic carbocycles. The molecule has 360 valence electrons. The van der Waals surface area contributed by atoms with E-state index in [0.717, 1.165) is 11.8 Å². The summed E-state index contributed by atoms with van der Waals surface area (Å²) in [6.07, 6.45) is -2.29. The fourth-order valence-corrected chi connectivity index (χ4v) is 10.9. The molecule has 2 aromatic carbocycles. The predicted molar refractivity (Wildman–Crippen MR) is 234 cm³/mol. The molecule has 66 heavy (non-hydrogen) atoms. The van der Waals surface area contributed by atoms with E-state index < -0.39 is 77.2 Å². The van der Waals surface area contributed by atoms with Gasteiger partial charge in [0.1, 0.15) is 15.8 Å². The fourth-order valence-electron chi connectivity index (χ4n) is 6.89. The van der Waals surface area contributed by atoms with Crippen molar-refractivity contribution in [3.05, 3.63) is 83.6 Å². The molecule has 2 saturated heterocycles. The Bertz CT molecular complexity index is 2540. The number of rotatable bonds is 11. The number of alkyl halides is 5. The molecule has 0 N–H and O–H groups in total. The molecule has 4 aromatic rings. The number of nitrogens with zero attached hydrogens (tertiary/aromatic N) is 4. The molecule has 2 fully saturated rings. The van der Waals surface area contributed by atoms with E-state index in [0.29, 0.717) is 15.9 Å². The Morgan fingerprint density at radius 1 is 0.606 bits per heavy atom. The second-order valence-corrected chi connectivity index (χ2v) is 22.9. The first-order valence-corrected chi connectivity index (χ1v) is 24.4. The number of sulfone groups is 2. The Balaban J connectivity index is 0.000000255. The van der Waals surface area contributed by atoms with Crippen molar-refractivity contribution in [2.45, 2.75) is 123 Å². The SMILES string of the molecule is CC(C)(C)OC(=O)C1(S(=O)(=O)c2ccc(-c3cnc(Br)cn3)cc2)CCOCC1.CC(C)(C)OC(=O)C1(S(=O)(=O)c2ccc(-c3cnc(CCC(F)(F)C(F)(F)F)cn3)cc2)CCOCC1. The van der Waals surface area contributed by atoms with Gasteiger partial charge in [0.15, 0.2) is 29.2 Å². The Kier molecular flexibility index (Phi) is 15.9. The summed E-state index contributed by atoms with van der Waals surface area (Å²) in [7, 11) is -8.19. The average molecular weight is 1030 g/mol. The molecular weight excluding hydrogens is 984 g/mol. The van der Waals surface area contributed by atoms with Gasteiger partial charge in [-0.05, 0) is 88.2 Å². The van der Waals surface area contributed by atoms with Crippen LogP contribution in [0.2, 0.25) is 0 Å². The Morgan fingerprint density at radius 3 is 1.30 bits per heavy atom. The van der Waals surface area contributed by atoms with E-state index in [1.165, 1.54) is 42.6 Å². The van der Waals surface area contributed by atoms with Crippen LogP contribution in [0.25, 0.3) is 22.5 Å². The van der Waals surface area contributed by atoms with Crippen molar-refractivity contribution in [1.29, 1.82) is 0 Å². The number of ether oxygens (including phenoxy) is 4. The van der Waals surface area contributed by atoms with E-state index in [1.807, 2.05) is 0 Å². The van der Waals surface area contributed by atoms with Crippen molar-refractivity contribution in [3.63, 3.8) is 0 Å². The average Bonchev–Trinajstić information content (AvgIpc) is 3.25. The number of hydrogen-bond donors (Lipinski definition) is 0. The maximum atomic E-state index is 13.6. The van der Waals surface area contributed by atoms with Gasteiger partial charge in [0.2, 0.25) is 0 Å². The highest BCUT2D eigenvalue weighted by molar-refractivity contribution is 9.10. The van der Waals surface area contributed by atoms with Crippen LogP contribution in [0.5, 0.6) is 0 Å². The molecule has 2 aromatic heterocycles. The molecule has 2 aliphatic heterocycles. The van der Waals surface area contributed by atoms with Crippen LogP contribution in [0.4, 0.5) is 22.0 Å². The molecular formula is C44H50BrF5N4O10S2. The predicted octanol–water partition coefficient (Wildman–Crippen LogP) is 8.51. The van der Waals surface area contributed by atoms with E-state index >= 15 is 0 Å². The van der Waals surface area contributed by atoms with Crippen LogP contribution in [0.1, 0.15) is 79.3 Å². The fraction of sp³-hybridized carbons (Fsp3) is 0.500. The van der Waals surface area contributed by atoms with Gasteiger partial charge >= 0.3 is 24.0 Å². The van der Waals surface area contributed by atoms with Crippen LogP contribution >= 0.6 is 15.9 Å². The highest BCUT2D eigenvalue weighted by Crippen LogP contribution is 2.41. The van der Waals surface area contributed by atoms with Crippen molar-refractivity contribution >= 4 is 47.5 Å². The van der Waals surface area contributed by atoms with E-state index in [9.17, 15) is 48.4 Å². The van der Waals surface area contributed by atoms with Crippen molar-refractivity contribution in [2.24, 2.45) is 0 Å². The number of carbonyl (C=O) groups is 2. The smallest absolute Gasteiger partial charge is 0.453 e. The van der Waals surface area contributed by atoms with Crippen molar-refractivity contribution in [3.8, 4) is 22.5 Å². The third-order valence-corrected chi connectivity index (χ3v) is 15.9. The van der Waals surface area contributed by atoms with Gasteiger partial charge in [-0.1, -0.05) is 24.3 Å². The molecule has 0 radical (unpaired) electrons. The number of aromatic nitrogens is 4. The minimum absolute atomic E-state index is 0.0503. The lowest BCUT2D eigenvalue weighted by Crippen LogP contribution is -2.53. The number of hydrogen-bond acceptors (Lipinski definition) is 14. The zero-order chi connectivity index (χ0) is 49.0. The minimum atomic E-state index is -5.64. The number of aryl methyl sites for hydroxylation is 1. The second kappa shape index (κ2) is 20.0. The second-order valence-electron chi connectivity index (χ2n) is 17.6. The standard InChI is InChI=1S/C24H27F5N2O5S.C20H23BrN2O5S/c1-21(2,3)36-20(32)22(10-12-35-13-11-22)37(33,34)18-6-4-16(5-7-18)19-15-30-17(14-31-19)8-9-23(25,26)24(27,28)29;1-19(2,3)28-18(24)20(8-10-27-11-9-20)29(25,26)15-6-4-14(5-7-15)16-12-23-17(21)13-22-16/h4-7,14-15H,8-13H2,1-3H3;4-7,12-13H,8-11H2,1-3H3. The highest BCUT2D eigenvalue weighted by atomic mass is 79.9. The largest absolute Gasteiger partial charge is 0.459 e. The molecule has 0 unspecified atom stereocenters. The minimum Gasteiger partial charge on any atom is -0.459 e. The topological polar surface area (TPSA) is 191 Å². The van der Waals surface area contributed by atoms with Crippen LogP contribution in [-0.4, -0.2) is 108 Å². The van der Waals surface area contributed by atoms with Crippen molar-refractivity contribution in [1.82, 2.24) is 19.9 Å². The van der Waals surface area contributed by atoms with Gasteiger partial charge in [0.05, 0.1) is 45.5 Å². The van der Waals surface area contributed by atoms with Crippen LogP contribution in [0, 0.1) is 0 Å². The van der Waals surface area contributed by atoms with Gasteiger partial charge in [-0.25, -0.2) is 21.8 Å². The quantitative estimate of drug-likeness (QED) is 0.103. The maximum absolute atomic E-state index is 13.6. The van der Waals surface area contributed by atoms with Crippen LogP contribution in [-0.2, 0) is 54.6 Å². The Hall–Kier alpha value is -4.51. The summed E-state index contributed by atoms with van der Waals surface area (Å²) in [5.41, 5.74) is 0.287. The summed E-state index contributed by atoms with van der Waals surface area (Å²) in [5.74, 6) is -6.41. The van der Waals surface area contributed by atoms with Crippen molar-refractivity contribution in [2.75, 3.05) is 26.4 Å². The van der Waals surface area contributed by atoms with Crippen LogP contribution < -0.4 is 0 Å². The van der Waals surface area contributed by atoms with Gasteiger partial charge in [-0.2, -0.15) is 22.0 Å². The first-order chi connectivity index (χ1) is 30.5. The summed E-state index contributed by atoms with van der Waals surface area (Å²) >= 11 is 3.23. The van der Waals surface area contributed by atoms with E-state index in [4.69, 9.17) is 18.9 Å². The van der Waals surface area contributed by atoms with Gasteiger partial charge in [-0.15, -0.1) is 0 Å². The molecule has 0 amide bonds. The first-order valence-electron chi connectivity index (χ1n) is 20.6. The lowest BCUT2D eigenvalue weighted by atomic mass is 9.99. The summed E-state index contributed by atoms with van der Waals surface area (Å²) < 4.78 is 136. The molecule has 14 nitrogen and oxygen atoms in total. The Labute approximate surface area is 388 Å². The lowest BCUT2D eigenvalue weighted by Gasteiger charge is -2.36. The number of benzene rings is 2. The van der Waals surface area contributed by atoms with Gasteiger partial charge in [0, 0.05) is 75.9 Å². The monoisotopic (exact) mass is 1030 g/mol. The Morgan fingerprint density at radius 2 is 0.985 bits per heavy atom. The third-order valence-electron chi connectivity index (χ3n) is 10.5. The molecule has 22 heteroatoms. The van der Waals surface area contributed by atoms with Crippen molar-refractivity contribution < 1.29 is 67.3 Å². The summed E-state index contributed by atoms with van der Waals surface area (Å²) in [4.78, 5) is 42.4. The van der Waals surface area contributed by atoms with E-state index in [2.05, 4.69) is 35.9 Å². The van der Waals surface area contributed by atoms with E-state index in [-0.39, 0.29) is 73.3 Å². The summed E-state index contributed by atoms with van der Waals surface area (Å²) in [5, 5.41) is 0. The molecule has 0 atom stereocenters. The molecule has 0 spiro atoms. The zero-order valence-corrected chi connectivity index (χ0v) is 40.2. The number of carbonyl (C=O) groups excluding carboxylic acids is 2. The number of halogens is 6. The highest BCUT2D eigenvalue weighted by Gasteiger charge is 2.57. The lowest BCUT2D eigenvalue weighted by molar-refractivity contribution is -0.284. The number of esters is 2. The van der Waals surface area contributed by atoms with Crippen LogP contribution in [0.15, 0.2) is 87.7 Å². The molecule has 0 bridgehead atoms. The summed E-state index contributed by atoms with van der Waals surface area (Å²) in [6.45, 7) is 10.6. The molecule has 2 aliphatic rings. The third kappa shape index (κ3) is 12.0. The zero-order valence-electron chi connectivity index (χ0n) is 37.0. The van der Waals surface area contributed by atoms with Crippen LogP contribution in [0.3, 0.4) is 0 Å². The molecule has 6 rings (SSSR count). The summed E-state index contributed by atoms with van der Waals surface area (Å²) in [6, 6.07) is 11.8.